The second-order valence-corrected chi connectivity index (χ2v) is 4.00. The number of ether oxygens (including phenoxy) is 2. The molecule has 0 aromatic heterocycles. The number of aromatic carboxylic acids is 1. The van der Waals surface area contributed by atoms with Crippen LogP contribution in [0.1, 0.15) is 10.4 Å². The van der Waals surface area contributed by atoms with Gasteiger partial charge in [-0.05, 0) is 18.2 Å². The molecule has 0 unspecified atom stereocenters. The molecule has 1 aromatic carbocycles. The van der Waals surface area contributed by atoms with E-state index in [9.17, 15) is 18.0 Å². The second-order valence-electron chi connectivity index (χ2n) is 3.09. The molecule has 0 heterocycles. The average Bonchev–Trinajstić information content (AvgIpc) is 2.24. The first-order valence-corrected chi connectivity index (χ1v) is 5.45. The van der Waals surface area contributed by atoms with E-state index in [0.29, 0.717) is 4.47 Å². The van der Waals surface area contributed by atoms with E-state index >= 15 is 0 Å². The first kappa shape index (κ1) is 14.8. The first-order chi connectivity index (χ1) is 8.29. The van der Waals surface area contributed by atoms with E-state index in [1.165, 1.54) is 18.2 Å². The molecular formula is C10H8BrF3O4. The Hall–Kier alpha value is -1.28. The zero-order valence-corrected chi connectivity index (χ0v) is 10.4. The van der Waals surface area contributed by atoms with Gasteiger partial charge in [0.15, 0.2) is 0 Å². The van der Waals surface area contributed by atoms with Crippen LogP contribution in [-0.4, -0.2) is 30.7 Å². The lowest BCUT2D eigenvalue weighted by Crippen LogP contribution is -2.18. The Morgan fingerprint density at radius 1 is 1.33 bits per heavy atom. The highest BCUT2D eigenvalue weighted by Gasteiger charge is 2.28. The minimum Gasteiger partial charge on any atom is -0.490 e. The molecule has 0 aliphatic rings. The molecule has 1 N–H and O–H groups in total. The highest BCUT2D eigenvalue weighted by Crippen LogP contribution is 2.23. The van der Waals surface area contributed by atoms with Gasteiger partial charge in [-0.25, -0.2) is 4.79 Å². The molecule has 0 radical (unpaired) electrons. The molecule has 0 spiro atoms. The lowest BCUT2D eigenvalue weighted by Gasteiger charge is -2.11. The number of hydrogen-bond donors (Lipinski definition) is 1. The van der Waals surface area contributed by atoms with Crippen molar-refractivity contribution in [2.45, 2.75) is 6.36 Å². The Labute approximate surface area is 108 Å². The molecular weight excluding hydrogens is 321 g/mol. The average molecular weight is 329 g/mol. The molecule has 0 bridgehead atoms. The highest BCUT2D eigenvalue weighted by atomic mass is 79.9. The van der Waals surface area contributed by atoms with Gasteiger partial charge in [-0.2, -0.15) is 0 Å². The predicted molar refractivity (Wildman–Crippen MR) is 58.6 cm³/mol. The van der Waals surface area contributed by atoms with E-state index in [-0.39, 0.29) is 11.3 Å². The third-order valence-corrected chi connectivity index (χ3v) is 2.27. The molecule has 1 aromatic rings. The normalized spacial score (nSPS) is 11.3. The van der Waals surface area contributed by atoms with Gasteiger partial charge in [0, 0.05) is 4.47 Å². The lowest BCUT2D eigenvalue weighted by molar-refractivity contribution is -0.325. The van der Waals surface area contributed by atoms with Crippen LogP contribution in [0.4, 0.5) is 13.2 Å². The zero-order chi connectivity index (χ0) is 13.8. The van der Waals surface area contributed by atoms with E-state index in [2.05, 4.69) is 20.7 Å². The van der Waals surface area contributed by atoms with Gasteiger partial charge < -0.3 is 9.84 Å². The van der Waals surface area contributed by atoms with Crippen LogP contribution in [0.5, 0.6) is 5.75 Å². The summed E-state index contributed by atoms with van der Waals surface area (Å²) in [6.07, 6.45) is -4.72. The van der Waals surface area contributed by atoms with Gasteiger partial charge >= 0.3 is 12.3 Å². The van der Waals surface area contributed by atoms with Crippen molar-refractivity contribution in [3.8, 4) is 5.75 Å². The summed E-state index contributed by atoms with van der Waals surface area (Å²) < 4.78 is 43.9. The number of rotatable bonds is 5. The van der Waals surface area contributed by atoms with Crippen LogP contribution in [0.25, 0.3) is 0 Å². The lowest BCUT2D eigenvalue weighted by atomic mass is 10.2. The monoisotopic (exact) mass is 328 g/mol. The second kappa shape index (κ2) is 6.05. The Balaban J connectivity index is 2.59. The number of carboxylic acids is 1. The maximum atomic E-state index is 11.7. The fraction of sp³-hybridized carbons (Fsp3) is 0.300. The predicted octanol–water partition coefficient (Wildman–Crippen LogP) is 3.06. The number of halogens is 4. The van der Waals surface area contributed by atoms with Crippen molar-refractivity contribution in [1.82, 2.24) is 0 Å². The molecule has 18 heavy (non-hydrogen) atoms. The molecule has 0 atom stereocenters. The fourth-order valence-corrected chi connectivity index (χ4v) is 1.47. The molecule has 1 rings (SSSR count). The summed E-state index contributed by atoms with van der Waals surface area (Å²) in [7, 11) is 0. The molecule has 0 aliphatic carbocycles. The zero-order valence-electron chi connectivity index (χ0n) is 8.83. The number of carbonyl (C=O) groups is 1. The highest BCUT2D eigenvalue weighted by molar-refractivity contribution is 9.10. The van der Waals surface area contributed by atoms with Gasteiger partial charge in [0.2, 0.25) is 0 Å². The Morgan fingerprint density at radius 3 is 2.56 bits per heavy atom. The Morgan fingerprint density at radius 2 is 2.00 bits per heavy atom. The van der Waals surface area contributed by atoms with E-state index in [0.717, 1.165) is 0 Å². The van der Waals surface area contributed by atoms with Crippen LogP contribution >= 0.6 is 15.9 Å². The maximum absolute atomic E-state index is 11.7. The van der Waals surface area contributed by atoms with Crippen molar-refractivity contribution in [2.75, 3.05) is 13.2 Å². The summed E-state index contributed by atoms with van der Waals surface area (Å²) in [6, 6.07) is 4.16. The van der Waals surface area contributed by atoms with Crippen LogP contribution < -0.4 is 4.74 Å². The minimum absolute atomic E-state index is 0.0172. The van der Waals surface area contributed by atoms with Crippen LogP contribution in [0.2, 0.25) is 0 Å². The molecule has 100 valence electrons. The molecule has 0 amide bonds. The summed E-state index contributed by atoms with van der Waals surface area (Å²) in [5.41, 5.74) is -0.142. The minimum atomic E-state index is -4.72. The summed E-state index contributed by atoms with van der Waals surface area (Å²) in [4.78, 5) is 10.9. The molecule has 0 saturated carbocycles. The summed E-state index contributed by atoms with van der Waals surface area (Å²) in [5.74, 6) is -1.25. The van der Waals surface area contributed by atoms with Crippen molar-refractivity contribution in [2.24, 2.45) is 0 Å². The van der Waals surface area contributed by atoms with Crippen LogP contribution in [-0.2, 0) is 4.74 Å². The Bertz CT molecular complexity index is 434. The molecule has 0 saturated heterocycles. The first-order valence-electron chi connectivity index (χ1n) is 4.66. The van der Waals surface area contributed by atoms with Crippen LogP contribution in [0, 0.1) is 0 Å². The van der Waals surface area contributed by atoms with E-state index in [1.807, 2.05) is 0 Å². The molecule has 0 aliphatic heterocycles. The van der Waals surface area contributed by atoms with Gasteiger partial charge in [-0.3, -0.25) is 4.74 Å². The van der Waals surface area contributed by atoms with E-state index in [1.54, 1.807) is 0 Å². The van der Waals surface area contributed by atoms with Crippen LogP contribution in [0.15, 0.2) is 22.7 Å². The van der Waals surface area contributed by atoms with Gasteiger partial charge in [0.1, 0.15) is 17.9 Å². The SMILES string of the molecule is O=C(O)c1cc(Br)ccc1OCCOC(F)(F)F. The number of alkyl halides is 3. The van der Waals surface area contributed by atoms with Crippen molar-refractivity contribution >= 4 is 21.9 Å². The van der Waals surface area contributed by atoms with Crippen molar-refractivity contribution in [1.29, 1.82) is 0 Å². The van der Waals surface area contributed by atoms with Crippen LogP contribution in [0.3, 0.4) is 0 Å². The fourth-order valence-electron chi connectivity index (χ4n) is 1.10. The molecule has 0 fully saturated rings. The summed E-state index contributed by atoms with van der Waals surface area (Å²) >= 11 is 3.08. The largest absolute Gasteiger partial charge is 0.522 e. The maximum Gasteiger partial charge on any atom is 0.522 e. The number of hydrogen-bond acceptors (Lipinski definition) is 3. The summed E-state index contributed by atoms with van der Waals surface area (Å²) in [6.45, 7) is -1.11. The van der Waals surface area contributed by atoms with Gasteiger partial charge in [0.25, 0.3) is 0 Å². The topological polar surface area (TPSA) is 55.8 Å². The molecule has 4 nitrogen and oxygen atoms in total. The number of benzene rings is 1. The Kier molecular flexibility index (Phi) is 4.97. The van der Waals surface area contributed by atoms with Gasteiger partial charge in [-0.15, -0.1) is 13.2 Å². The van der Waals surface area contributed by atoms with E-state index < -0.39 is 25.5 Å². The quantitative estimate of drug-likeness (QED) is 0.844. The van der Waals surface area contributed by atoms with Crippen molar-refractivity contribution < 1.29 is 32.5 Å². The van der Waals surface area contributed by atoms with Gasteiger partial charge in [0.05, 0.1) is 6.61 Å². The summed E-state index contributed by atoms with van der Waals surface area (Å²) in [5, 5.41) is 8.86. The molecule has 8 heteroatoms. The standard InChI is InChI=1S/C10H8BrF3O4/c11-6-1-2-8(7(5-6)9(15)16)17-3-4-18-10(12,13)14/h1-2,5H,3-4H2,(H,15,16). The smallest absolute Gasteiger partial charge is 0.490 e. The van der Waals surface area contributed by atoms with E-state index in [4.69, 9.17) is 9.84 Å². The number of carboxylic acid groups (broad SMARTS) is 1. The van der Waals surface area contributed by atoms with Crippen molar-refractivity contribution in [3.63, 3.8) is 0 Å². The third kappa shape index (κ3) is 4.92. The van der Waals surface area contributed by atoms with Gasteiger partial charge in [-0.1, -0.05) is 15.9 Å². The van der Waals surface area contributed by atoms with Crippen molar-refractivity contribution in [3.05, 3.63) is 28.2 Å². The third-order valence-electron chi connectivity index (χ3n) is 1.78.